The van der Waals surface area contributed by atoms with Gasteiger partial charge in [-0.25, -0.2) is 9.48 Å². The summed E-state index contributed by atoms with van der Waals surface area (Å²) in [6, 6.07) is 23.0. The number of carbonyl (C=O) groups is 1. The quantitative estimate of drug-likeness (QED) is 0.386. The van der Waals surface area contributed by atoms with Crippen LogP contribution < -0.4 is 14.8 Å². The van der Waals surface area contributed by atoms with E-state index in [1.54, 1.807) is 6.07 Å². The Hall–Kier alpha value is -4.27. The van der Waals surface area contributed by atoms with Crippen molar-refractivity contribution in [1.82, 2.24) is 15.1 Å². The summed E-state index contributed by atoms with van der Waals surface area (Å²) in [5, 5.41) is 6.26. The molecule has 0 bridgehead atoms. The maximum atomic E-state index is 13.8. The van der Waals surface area contributed by atoms with Crippen LogP contribution in [0.15, 0.2) is 85.1 Å². The van der Waals surface area contributed by atoms with E-state index < -0.39 is 23.7 Å². The number of nitrogens with zero attached hydrogens (tertiary/aromatic N) is 2. The van der Waals surface area contributed by atoms with Gasteiger partial charge in [0.05, 0.1) is 19.0 Å². The minimum absolute atomic E-state index is 0.0769. The molecule has 0 aliphatic heterocycles. The highest BCUT2D eigenvalue weighted by atomic mass is 19.4. The van der Waals surface area contributed by atoms with Crippen LogP contribution in [0, 0.1) is 0 Å². The molecule has 0 saturated heterocycles. The average Bonchev–Trinajstić information content (AvgIpc) is 3.27. The molecule has 0 spiro atoms. The molecule has 4 rings (SSSR count). The first-order valence-electron chi connectivity index (χ1n) is 10.2. The van der Waals surface area contributed by atoms with E-state index in [4.69, 9.17) is 9.47 Å². The maximum absolute atomic E-state index is 13.8. The molecule has 1 N–H and O–H groups in total. The molecule has 6 nitrogen and oxygen atoms in total. The Morgan fingerprint density at radius 1 is 0.971 bits per heavy atom. The minimum atomic E-state index is -4.81. The van der Waals surface area contributed by atoms with Crippen molar-refractivity contribution in [2.24, 2.45) is 0 Å². The minimum Gasteiger partial charge on any atom is -0.497 e. The van der Waals surface area contributed by atoms with Crippen molar-refractivity contribution in [3.63, 3.8) is 0 Å². The Kier molecular flexibility index (Phi) is 6.53. The fourth-order valence-electron chi connectivity index (χ4n) is 3.39. The van der Waals surface area contributed by atoms with Crippen molar-refractivity contribution in [2.75, 3.05) is 7.11 Å². The number of halogens is 3. The molecule has 0 aliphatic carbocycles. The lowest BCUT2D eigenvalue weighted by molar-refractivity contribution is -0.143. The molecule has 0 aliphatic rings. The summed E-state index contributed by atoms with van der Waals surface area (Å²) in [7, 11) is 1.45. The Morgan fingerprint density at radius 2 is 1.68 bits per heavy atom. The normalized spacial score (nSPS) is 11.2. The van der Waals surface area contributed by atoms with Crippen LogP contribution in [0.4, 0.5) is 18.0 Å². The second kappa shape index (κ2) is 9.70. The first-order valence-corrected chi connectivity index (χ1v) is 10.2. The summed E-state index contributed by atoms with van der Waals surface area (Å²) in [4.78, 5) is 12.3. The highest BCUT2D eigenvalue weighted by Gasteiger charge is 2.40. The molecule has 9 heteroatoms. The van der Waals surface area contributed by atoms with E-state index in [2.05, 4.69) is 10.4 Å². The van der Waals surface area contributed by atoms with Crippen molar-refractivity contribution in [2.45, 2.75) is 12.7 Å². The van der Waals surface area contributed by atoms with Crippen LogP contribution in [0.1, 0.15) is 11.3 Å². The third kappa shape index (κ3) is 5.20. The molecule has 0 saturated carbocycles. The van der Waals surface area contributed by atoms with Crippen molar-refractivity contribution in [3.8, 4) is 28.3 Å². The van der Waals surface area contributed by atoms with Crippen LogP contribution >= 0.6 is 0 Å². The van der Waals surface area contributed by atoms with E-state index in [-0.39, 0.29) is 12.2 Å². The number of rotatable bonds is 6. The monoisotopic (exact) mass is 467 g/mol. The number of ether oxygens (including phenoxy) is 2. The van der Waals surface area contributed by atoms with Crippen LogP contribution in [0.25, 0.3) is 16.8 Å². The largest absolute Gasteiger partial charge is 0.497 e. The van der Waals surface area contributed by atoms with Gasteiger partial charge < -0.3 is 14.8 Å². The summed E-state index contributed by atoms with van der Waals surface area (Å²) in [6.07, 6.45) is -4.97. The van der Waals surface area contributed by atoms with Gasteiger partial charge in [-0.3, -0.25) is 0 Å². The number of hydrogen-bond acceptors (Lipinski definition) is 4. The summed E-state index contributed by atoms with van der Waals surface area (Å²) < 4.78 is 52.0. The van der Waals surface area contributed by atoms with Gasteiger partial charge in [0.1, 0.15) is 5.75 Å². The smallest absolute Gasteiger partial charge is 0.437 e. The summed E-state index contributed by atoms with van der Waals surface area (Å²) in [6.45, 7) is 0.0769. The van der Waals surface area contributed by atoms with Gasteiger partial charge in [-0.15, -0.1) is 0 Å². The lowest BCUT2D eigenvalue weighted by Gasteiger charge is -2.13. The number of carbonyl (C=O) groups excluding carboxylic acids is 1. The Balaban J connectivity index is 1.48. The third-order valence-corrected chi connectivity index (χ3v) is 4.99. The highest BCUT2D eigenvalue weighted by molar-refractivity contribution is 5.71. The maximum Gasteiger partial charge on any atom is 0.437 e. The lowest BCUT2D eigenvalue weighted by Crippen LogP contribution is -2.27. The van der Waals surface area contributed by atoms with Crippen molar-refractivity contribution < 1.29 is 27.4 Å². The fourth-order valence-corrected chi connectivity index (χ4v) is 3.39. The molecule has 4 aromatic rings. The molecule has 0 unspecified atom stereocenters. The molecule has 1 aromatic heterocycles. The fraction of sp³-hybridized carbons (Fsp3) is 0.120. The van der Waals surface area contributed by atoms with Crippen molar-refractivity contribution in [3.05, 3.63) is 96.3 Å². The number of methoxy groups -OCH3 is 1. The SMILES string of the molecule is COc1ccc(-n2ncc(OC(=O)NCc3cccc(-c4ccccc4)c3)c2C(F)(F)F)cc1. The van der Waals surface area contributed by atoms with E-state index in [0.29, 0.717) is 10.4 Å². The average molecular weight is 467 g/mol. The predicted octanol–water partition coefficient (Wildman–Crippen LogP) is 5.86. The lowest BCUT2D eigenvalue weighted by atomic mass is 10.0. The number of hydrogen-bond donors (Lipinski definition) is 1. The van der Waals surface area contributed by atoms with E-state index in [0.717, 1.165) is 22.9 Å². The molecule has 0 fully saturated rings. The zero-order valence-electron chi connectivity index (χ0n) is 18.0. The molecule has 1 heterocycles. The van der Waals surface area contributed by atoms with Gasteiger partial charge in [0, 0.05) is 6.54 Å². The predicted molar refractivity (Wildman–Crippen MR) is 120 cm³/mol. The number of benzene rings is 3. The number of amides is 1. The van der Waals surface area contributed by atoms with Gasteiger partial charge in [0.25, 0.3) is 0 Å². The molecule has 3 aromatic carbocycles. The zero-order valence-corrected chi connectivity index (χ0v) is 18.0. The number of aromatic nitrogens is 2. The summed E-state index contributed by atoms with van der Waals surface area (Å²) >= 11 is 0. The zero-order chi connectivity index (χ0) is 24.1. The first-order chi connectivity index (χ1) is 16.3. The van der Waals surface area contributed by atoms with E-state index in [1.807, 2.05) is 48.5 Å². The van der Waals surface area contributed by atoms with Gasteiger partial charge in [-0.2, -0.15) is 18.3 Å². The Labute approximate surface area is 193 Å². The van der Waals surface area contributed by atoms with Gasteiger partial charge in [0.2, 0.25) is 0 Å². The van der Waals surface area contributed by atoms with Crippen LogP contribution in [-0.4, -0.2) is 23.0 Å². The van der Waals surface area contributed by atoms with Crippen LogP contribution in [0.2, 0.25) is 0 Å². The molecule has 34 heavy (non-hydrogen) atoms. The van der Waals surface area contributed by atoms with Crippen molar-refractivity contribution in [1.29, 1.82) is 0 Å². The second-order valence-electron chi connectivity index (χ2n) is 7.27. The van der Waals surface area contributed by atoms with Crippen LogP contribution in [-0.2, 0) is 12.7 Å². The van der Waals surface area contributed by atoms with Crippen LogP contribution in [0.3, 0.4) is 0 Å². The Morgan fingerprint density at radius 3 is 2.35 bits per heavy atom. The Bertz CT molecular complexity index is 1270. The van der Waals surface area contributed by atoms with Gasteiger partial charge in [0.15, 0.2) is 11.4 Å². The summed E-state index contributed by atoms with van der Waals surface area (Å²) in [5.41, 5.74) is 1.67. The van der Waals surface area contributed by atoms with Gasteiger partial charge in [-0.1, -0.05) is 48.5 Å². The second-order valence-corrected chi connectivity index (χ2v) is 7.27. The molecule has 174 valence electrons. The van der Waals surface area contributed by atoms with E-state index >= 15 is 0 Å². The molecule has 0 atom stereocenters. The number of nitrogens with one attached hydrogen (secondary N) is 1. The van der Waals surface area contributed by atoms with E-state index in [9.17, 15) is 18.0 Å². The first kappa shape index (κ1) is 22.9. The molecule has 0 radical (unpaired) electrons. The standard InChI is InChI=1S/C25H20F3N3O3/c1-33-21-12-10-20(11-13-21)31-23(25(26,27)28)22(16-30-31)34-24(32)29-15-17-6-5-9-19(14-17)18-7-3-2-4-8-18/h2-14,16H,15H2,1H3,(H,29,32). The highest BCUT2D eigenvalue weighted by Crippen LogP contribution is 2.37. The third-order valence-electron chi connectivity index (χ3n) is 4.99. The van der Waals surface area contributed by atoms with Gasteiger partial charge >= 0.3 is 12.3 Å². The van der Waals surface area contributed by atoms with E-state index in [1.165, 1.54) is 31.4 Å². The molecular weight excluding hydrogens is 447 g/mol. The van der Waals surface area contributed by atoms with Crippen LogP contribution in [0.5, 0.6) is 11.5 Å². The molecule has 1 amide bonds. The molecular formula is C25H20F3N3O3. The topological polar surface area (TPSA) is 65.4 Å². The van der Waals surface area contributed by atoms with Gasteiger partial charge in [-0.05, 0) is 47.0 Å². The number of alkyl halides is 3. The summed E-state index contributed by atoms with van der Waals surface area (Å²) in [5.74, 6) is -0.212. The van der Waals surface area contributed by atoms with Crippen molar-refractivity contribution >= 4 is 6.09 Å².